The average molecular weight is 428 g/mol. The van der Waals surface area contributed by atoms with Gasteiger partial charge in [0.15, 0.2) is 5.65 Å². The molecule has 3 aromatic rings. The van der Waals surface area contributed by atoms with Crippen molar-refractivity contribution in [2.75, 3.05) is 12.4 Å². The molecule has 1 saturated carbocycles. The zero-order valence-electron chi connectivity index (χ0n) is 17.1. The van der Waals surface area contributed by atoms with Crippen LogP contribution in [0.5, 0.6) is 5.75 Å². The molecule has 9 heteroatoms. The van der Waals surface area contributed by atoms with E-state index in [0.29, 0.717) is 22.3 Å². The summed E-state index contributed by atoms with van der Waals surface area (Å²) in [6.45, 7) is 1.72. The molecule has 0 bridgehead atoms. The standard InChI is InChI=1S/C21H25N5O3S/c1-14-8-9-17(29-2)16(12-14)22-19(27)13-25-21(28)26-18(23-25)10-11-20(24-26)30-15-6-4-3-5-7-15/h8-12,15H,3-7,13H2,1-2H3,(H,22,27). The van der Waals surface area contributed by atoms with Gasteiger partial charge in [0, 0.05) is 5.25 Å². The fourth-order valence-corrected chi connectivity index (χ4v) is 4.84. The fourth-order valence-electron chi connectivity index (χ4n) is 3.66. The Hall–Kier alpha value is -2.81. The maximum absolute atomic E-state index is 12.7. The molecular formula is C21H25N5O3S. The Labute approximate surface area is 178 Å². The number of carbonyl (C=O) groups is 1. The van der Waals surface area contributed by atoms with Crippen LogP contribution < -0.4 is 15.7 Å². The number of thioether (sulfide) groups is 1. The summed E-state index contributed by atoms with van der Waals surface area (Å²) in [5, 5.41) is 12.8. The van der Waals surface area contributed by atoms with Crippen LogP contribution in [0.15, 0.2) is 40.2 Å². The first-order valence-corrected chi connectivity index (χ1v) is 11.0. The number of amides is 1. The van der Waals surface area contributed by atoms with E-state index in [4.69, 9.17) is 4.74 Å². The number of ether oxygens (including phenoxy) is 1. The molecule has 1 fully saturated rings. The predicted octanol–water partition coefficient (Wildman–Crippen LogP) is 3.27. The van der Waals surface area contributed by atoms with Crippen molar-refractivity contribution < 1.29 is 9.53 Å². The van der Waals surface area contributed by atoms with Gasteiger partial charge in [0.2, 0.25) is 5.91 Å². The van der Waals surface area contributed by atoms with Crippen molar-refractivity contribution in [2.24, 2.45) is 0 Å². The summed E-state index contributed by atoms with van der Waals surface area (Å²) >= 11 is 1.72. The molecule has 0 radical (unpaired) electrons. The van der Waals surface area contributed by atoms with Crippen LogP contribution in [-0.2, 0) is 11.3 Å². The van der Waals surface area contributed by atoms with Gasteiger partial charge in [0.1, 0.15) is 17.3 Å². The zero-order chi connectivity index (χ0) is 21.1. The monoisotopic (exact) mass is 427 g/mol. The Kier molecular flexibility index (Phi) is 6.08. The molecule has 1 aliphatic rings. The summed E-state index contributed by atoms with van der Waals surface area (Å²) in [7, 11) is 1.54. The second-order valence-corrected chi connectivity index (χ2v) is 8.83. The molecule has 0 spiro atoms. The van der Waals surface area contributed by atoms with E-state index in [2.05, 4.69) is 15.5 Å². The van der Waals surface area contributed by atoms with Crippen molar-refractivity contribution in [3.05, 3.63) is 46.4 Å². The predicted molar refractivity (Wildman–Crippen MR) is 116 cm³/mol. The number of methoxy groups -OCH3 is 1. The highest BCUT2D eigenvalue weighted by Crippen LogP contribution is 2.32. The van der Waals surface area contributed by atoms with Crippen LogP contribution in [0.2, 0.25) is 0 Å². The van der Waals surface area contributed by atoms with Crippen molar-refractivity contribution in [2.45, 2.75) is 55.8 Å². The third-order valence-electron chi connectivity index (χ3n) is 5.18. The Balaban J connectivity index is 1.50. The second-order valence-electron chi connectivity index (χ2n) is 7.51. The first-order chi connectivity index (χ1) is 14.5. The number of carbonyl (C=O) groups excluding carboxylic acids is 1. The smallest absolute Gasteiger partial charge is 0.367 e. The van der Waals surface area contributed by atoms with Gasteiger partial charge in [-0.3, -0.25) is 4.79 Å². The SMILES string of the molecule is COc1ccc(C)cc1NC(=O)Cn1nc2ccc(SC3CCCCC3)nn2c1=O. The van der Waals surface area contributed by atoms with Crippen molar-refractivity contribution in [1.82, 2.24) is 19.4 Å². The Morgan fingerprint density at radius 3 is 2.77 bits per heavy atom. The molecule has 0 saturated heterocycles. The van der Waals surface area contributed by atoms with Crippen LogP contribution in [0.3, 0.4) is 0 Å². The van der Waals surface area contributed by atoms with Crippen molar-refractivity contribution in [3.63, 3.8) is 0 Å². The molecule has 1 aromatic carbocycles. The Morgan fingerprint density at radius 2 is 2.00 bits per heavy atom. The first kappa shape index (κ1) is 20.5. The molecule has 0 unspecified atom stereocenters. The molecule has 158 valence electrons. The third kappa shape index (κ3) is 4.51. The maximum atomic E-state index is 12.7. The van der Waals surface area contributed by atoms with Crippen molar-refractivity contribution >= 4 is 29.0 Å². The fraction of sp³-hybridized carbons (Fsp3) is 0.429. The lowest BCUT2D eigenvalue weighted by molar-refractivity contribution is -0.117. The van der Waals surface area contributed by atoms with Crippen LogP contribution in [0, 0.1) is 6.92 Å². The highest BCUT2D eigenvalue weighted by molar-refractivity contribution is 7.99. The van der Waals surface area contributed by atoms with E-state index in [0.717, 1.165) is 15.3 Å². The number of rotatable bonds is 6. The largest absolute Gasteiger partial charge is 0.495 e. The zero-order valence-corrected chi connectivity index (χ0v) is 17.9. The van der Waals surface area contributed by atoms with Crippen LogP contribution >= 0.6 is 11.8 Å². The van der Waals surface area contributed by atoms with Crippen LogP contribution in [0.1, 0.15) is 37.7 Å². The molecule has 0 aliphatic heterocycles. The number of anilines is 1. The molecular weight excluding hydrogens is 402 g/mol. The minimum Gasteiger partial charge on any atom is -0.495 e. The normalized spacial score (nSPS) is 14.7. The summed E-state index contributed by atoms with van der Waals surface area (Å²) in [6, 6.07) is 9.17. The molecule has 30 heavy (non-hydrogen) atoms. The lowest BCUT2D eigenvalue weighted by atomic mass is 10.0. The van der Waals surface area contributed by atoms with Crippen molar-refractivity contribution in [3.8, 4) is 5.75 Å². The van der Waals surface area contributed by atoms with E-state index in [1.807, 2.05) is 25.1 Å². The molecule has 1 aliphatic carbocycles. The van der Waals surface area contributed by atoms with Gasteiger partial charge in [0.05, 0.1) is 12.8 Å². The number of aromatic nitrogens is 4. The minimum atomic E-state index is -0.428. The van der Waals surface area contributed by atoms with E-state index < -0.39 is 5.69 Å². The van der Waals surface area contributed by atoms with Crippen LogP contribution in [0.25, 0.3) is 5.65 Å². The Morgan fingerprint density at radius 1 is 1.20 bits per heavy atom. The van der Waals surface area contributed by atoms with E-state index in [-0.39, 0.29) is 12.5 Å². The topological polar surface area (TPSA) is 90.5 Å². The summed E-state index contributed by atoms with van der Waals surface area (Å²) in [4.78, 5) is 25.2. The number of aryl methyl sites for hydroxylation is 1. The molecule has 8 nitrogen and oxygen atoms in total. The number of fused-ring (bicyclic) bond motifs is 1. The Bertz CT molecular complexity index is 1120. The van der Waals surface area contributed by atoms with E-state index >= 15 is 0 Å². The third-order valence-corrected chi connectivity index (χ3v) is 6.44. The van der Waals surface area contributed by atoms with E-state index in [1.54, 1.807) is 31.0 Å². The van der Waals surface area contributed by atoms with Gasteiger partial charge in [-0.2, -0.15) is 9.61 Å². The lowest BCUT2D eigenvalue weighted by Crippen LogP contribution is -2.29. The van der Waals surface area contributed by atoms with Gasteiger partial charge in [0.25, 0.3) is 0 Å². The number of hydrogen-bond donors (Lipinski definition) is 1. The highest BCUT2D eigenvalue weighted by atomic mass is 32.2. The quantitative estimate of drug-likeness (QED) is 0.649. The lowest BCUT2D eigenvalue weighted by Gasteiger charge is -2.20. The summed E-state index contributed by atoms with van der Waals surface area (Å²) in [6.07, 6.45) is 6.16. The highest BCUT2D eigenvalue weighted by Gasteiger charge is 2.17. The first-order valence-electron chi connectivity index (χ1n) is 10.1. The van der Waals surface area contributed by atoms with Gasteiger partial charge < -0.3 is 10.1 Å². The molecule has 2 heterocycles. The van der Waals surface area contributed by atoms with Gasteiger partial charge in [-0.25, -0.2) is 9.48 Å². The molecule has 0 atom stereocenters. The van der Waals surface area contributed by atoms with E-state index in [9.17, 15) is 9.59 Å². The van der Waals surface area contributed by atoms with Gasteiger partial charge in [-0.1, -0.05) is 25.3 Å². The van der Waals surface area contributed by atoms with Crippen LogP contribution in [-0.4, -0.2) is 37.7 Å². The second kappa shape index (κ2) is 8.91. The minimum absolute atomic E-state index is 0.204. The molecule has 4 rings (SSSR count). The molecule has 2 aromatic heterocycles. The van der Waals surface area contributed by atoms with E-state index in [1.165, 1.54) is 36.6 Å². The van der Waals surface area contributed by atoms with Gasteiger partial charge in [-0.15, -0.1) is 16.9 Å². The number of hydrogen-bond acceptors (Lipinski definition) is 6. The van der Waals surface area contributed by atoms with Gasteiger partial charge >= 0.3 is 5.69 Å². The van der Waals surface area contributed by atoms with Crippen molar-refractivity contribution in [1.29, 1.82) is 0 Å². The molecule has 1 amide bonds. The van der Waals surface area contributed by atoms with Crippen LogP contribution in [0.4, 0.5) is 5.69 Å². The maximum Gasteiger partial charge on any atom is 0.367 e. The number of nitrogens with zero attached hydrogens (tertiary/aromatic N) is 4. The van der Waals surface area contributed by atoms with Gasteiger partial charge in [-0.05, 0) is 49.6 Å². The number of benzene rings is 1. The molecule has 1 N–H and O–H groups in total. The summed E-state index contributed by atoms with van der Waals surface area (Å²) in [5.41, 5.74) is 1.54. The summed E-state index contributed by atoms with van der Waals surface area (Å²) in [5.74, 6) is 0.198. The average Bonchev–Trinajstić information content (AvgIpc) is 3.04. The number of nitrogens with one attached hydrogen (secondary N) is 1. The summed E-state index contributed by atoms with van der Waals surface area (Å²) < 4.78 is 7.69.